The molecule has 0 radical (unpaired) electrons. The average molecular weight is 268 g/mol. The number of hydrogen-bond acceptors (Lipinski definition) is 2. The van der Waals surface area contributed by atoms with Crippen molar-refractivity contribution in [2.45, 2.75) is 77.2 Å². The number of hydrogen-bond donors (Lipinski definition) is 2. The normalized spacial score (nSPS) is 17.3. The Bertz CT molecular complexity index is 286. The van der Waals surface area contributed by atoms with Crippen molar-refractivity contribution in [2.75, 3.05) is 0 Å². The summed E-state index contributed by atoms with van der Waals surface area (Å²) in [5.41, 5.74) is 5.35. The van der Waals surface area contributed by atoms with E-state index in [1.54, 1.807) is 0 Å². The van der Waals surface area contributed by atoms with E-state index in [9.17, 15) is 9.59 Å². The minimum absolute atomic E-state index is 0.00816. The Labute approximate surface area is 116 Å². The van der Waals surface area contributed by atoms with Crippen molar-refractivity contribution in [3.63, 3.8) is 0 Å². The molecule has 0 unspecified atom stereocenters. The number of nitrogens with two attached hydrogens (primary N) is 1. The van der Waals surface area contributed by atoms with Crippen LogP contribution in [0.15, 0.2) is 0 Å². The lowest BCUT2D eigenvalue weighted by molar-refractivity contribution is -0.128. The van der Waals surface area contributed by atoms with Crippen molar-refractivity contribution in [1.29, 1.82) is 0 Å². The molecule has 19 heavy (non-hydrogen) atoms. The largest absolute Gasteiger partial charge is 0.368 e. The third kappa shape index (κ3) is 6.60. The third-order valence-electron chi connectivity index (χ3n) is 3.97. The highest BCUT2D eigenvalue weighted by Crippen LogP contribution is 2.27. The van der Waals surface area contributed by atoms with E-state index < -0.39 is 11.9 Å². The van der Waals surface area contributed by atoms with Crippen LogP contribution in [0.1, 0.15) is 71.1 Å². The summed E-state index contributed by atoms with van der Waals surface area (Å²) in [6, 6.07) is -0.481. The first-order valence-corrected chi connectivity index (χ1v) is 7.72. The molecule has 0 spiro atoms. The van der Waals surface area contributed by atoms with Crippen LogP contribution in [0, 0.1) is 5.92 Å². The molecule has 110 valence electrons. The van der Waals surface area contributed by atoms with Gasteiger partial charge in [0.05, 0.1) is 0 Å². The Balaban J connectivity index is 2.26. The van der Waals surface area contributed by atoms with Gasteiger partial charge in [0.1, 0.15) is 6.04 Å². The highest BCUT2D eigenvalue weighted by molar-refractivity contribution is 5.86. The second-order valence-corrected chi connectivity index (χ2v) is 5.73. The summed E-state index contributed by atoms with van der Waals surface area (Å²) in [5, 5.41) is 2.81. The molecule has 1 rings (SSSR count). The fourth-order valence-electron chi connectivity index (χ4n) is 2.79. The average Bonchev–Trinajstić information content (AvgIpc) is 2.85. The number of nitrogens with one attached hydrogen (secondary N) is 1. The van der Waals surface area contributed by atoms with Crippen LogP contribution in [-0.2, 0) is 9.59 Å². The maximum absolute atomic E-state index is 11.9. The lowest BCUT2D eigenvalue weighted by atomic mass is 10.0. The van der Waals surface area contributed by atoms with Gasteiger partial charge < -0.3 is 11.1 Å². The number of carbonyl (C=O) groups excluding carboxylic acids is 2. The maximum Gasteiger partial charge on any atom is 0.239 e. The van der Waals surface area contributed by atoms with E-state index in [0.717, 1.165) is 32.1 Å². The van der Waals surface area contributed by atoms with E-state index in [1.165, 1.54) is 19.3 Å². The number of rotatable bonds is 9. The second-order valence-electron chi connectivity index (χ2n) is 5.73. The van der Waals surface area contributed by atoms with Gasteiger partial charge in [-0.05, 0) is 25.2 Å². The lowest BCUT2D eigenvalue weighted by Crippen LogP contribution is -2.44. The van der Waals surface area contributed by atoms with E-state index in [4.69, 9.17) is 5.73 Å². The SMILES string of the molecule is CCCCCC[C@H](NC(=O)CC1CCCC1)C(N)=O. The van der Waals surface area contributed by atoms with E-state index in [1.807, 2.05) is 0 Å². The molecule has 1 aliphatic rings. The quantitative estimate of drug-likeness (QED) is 0.631. The number of unbranched alkanes of at least 4 members (excludes halogenated alkanes) is 3. The molecule has 4 heteroatoms. The molecule has 0 aromatic heterocycles. The Hall–Kier alpha value is -1.06. The molecule has 0 bridgehead atoms. The summed E-state index contributed by atoms with van der Waals surface area (Å²) in [5.74, 6) is 0.0936. The Morgan fingerprint density at radius 3 is 2.47 bits per heavy atom. The summed E-state index contributed by atoms with van der Waals surface area (Å²) in [4.78, 5) is 23.2. The fraction of sp³-hybridized carbons (Fsp3) is 0.867. The highest BCUT2D eigenvalue weighted by Gasteiger charge is 2.22. The van der Waals surface area contributed by atoms with Gasteiger partial charge in [-0.2, -0.15) is 0 Å². The molecule has 0 aromatic rings. The third-order valence-corrected chi connectivity index (χ3v) is 3.97. The maximum atomic E-state index is 11.9. The van der Waals surface area contributed by atoms with Crippen LogP contribution < -0.4 is 11.1 Å². The van der Waals surface area contributed by atoms with Crippen LogP contribution in [0.5, 0.6) is 0 Å². The Kier molecular flexibility index (Phi) is 7.53. The van der Waals surface area contributed by atoms with E-state index in [-0.39, 0.29) is 5.91 Å². The fourth-order valence-corrected chi connectivity index (χ4v) is 2.79. The van der Waals surface area contributed by atoms with Crippen molar-refractivity contribution in [2.24, 2.45) is 11.7 Å². The van der Waals surface area contributed by atoms with Gasteiger partial charge in [0.25, 0.3) is 0 Å². The molecule has 4 nitrogen and oxygen atoms in total. The van der Waals surface area contributed by atoms with Crippen LogP contribution in [0.25, 0.3) is 0 Å². The molecule has 1 aliphatic carbocycles. The van der Waals surface area contributed by atoms with E-state index in [2.05, 4.69) is 12.2 Å². The van der Waals surface area contributed by atoms with Gasteiger partial charge in [0.15, 0.2) is 0 Å². The zero-order chi connectivity index (χ0) is 14.1. The lowest BCUT2D eigenvalue weighted by Gasteiger charge is -2.17. The number of primary amides is 1. The standard InChI is InChI=1S/C15H28N2O2/c1-2-3-4-5-10-13(15(16)19)17-14(18)11-12-8-6-7-9-12/h12-13H,2-11H2,1H3,(H2,16,19)(H,17,18)/t13-/m0/s1. The van der Waals surface area contributed by atoms with Gasteiger partial charge in [0.2, 0.25) is 11.8 Å². The molecule has 0 aliphatic heterocycles. The molecular formula is C15H28N2O2. The van der Waals surface area contributed by atoms with E-state index >= 15 is 0 Å². The summed E-state index contributed by atoms with van der Waals surface area (Å²) < 4.78 is 0. The van der Waals surface area contributed by atoms with Crippen molar-refractivity contribution in [3.05, 3.63) is 0 Å². The molecule has 1 atom stereocenters. The van der Waals surface area contributed by atoms with Gasteiger partial charge in [-0.25, -0.2) is 0 Å². The topological polar surface area (TPSA) is 72.2 Å². The van der Waals surface area contributed by atoms with Gasteiger partial charge in [0, 0.05) is 6.42 Å². The minimum atomic E-state index is -0.481. The minimum Gasteiger partial charge on any atom is -0.368 e. The van der Waals surface area contributed by atoms with Crippen LogP contribution in [0.2, 0.25) is 0 Å². The zero-order valence-corrected chi connectivity index (χ0v) is 12.1. The van der Waals surface area contributed by atoms with Gasteiger partial charge >= 0.3 is 0 Å². The van der Waals surface area contributed by atoms with Crippen molar-refractivity contribution in [3.8, 4) is 0 Å². The Morgan fingerprint density at radius 1 is 1.21 bits per heavy atom. The molecule has 1 saturated carbocycles. The van der Waals surface area contributed by atoms with E-state index in [0.29, 0.717) is 18.8 Å². The molecule has 3 N–H and O–H groups in total. The second kappa shape index (κ2) is 8.94. The van der Waals surface area contributed by atoms with Crippen LogP contribution >= 0.6 is 0 Å². The molecular weight excluding hydrogens is 240 g/mol. The van der Waals surface area contributed by atoms with Crippen molar-refractivity contribution in [1.82, 2.24) is 5.32 Å². The van der Waals surface area contributed by atoms with Gasteiger partial charge in [-0.3, -0.25) is 9.59 Å². The predicted octanol–water partition coefficient (Wildman–Crippen LogP) is 2.51. The molecule has 0 heterocycles. The van der Waals surface area contributed by atoms with Crippen LogP contribution in [0.3, 0.4) is 0 Å². The first-order valence-electron chi connectivity index (χ1n) is 7.72. The molecule has 2 amide bonds. The zero-order valence-electron chi connectivity index (χ0n) is 12.1. The number of amides is 2. The van der Waals surface area contributed by atoms with Crippen molar-refractivity contribution < 1.29 is 9.59 Å². The molecule has 0 saturated heterocycles. The number of carbonyl (C=O) groups is 2. The van der Waals surface area contributed by atoms with Gasteiger partial charge in [-0.15, -0.1) is 0 Å². The van der Waals surface area contributed by atoms with Crippen molar-refractivity contribution >= 4 is 11.8 Å². The highest BCUT2D eigenvalue weighted by atomic mass is 16.2. The smallest absolute Gasteiger partial charge is 0.239 e. The summed E-state index contributed by atoms with van der Waals surface area (Å²) >= 11 is 0. The van der Waals surface area contributed by atoms with Crippen LogP contribution in [0.4, 0.5) is 0 Å². The first kappa shape index (κ1) is 16.0. The predicted molar refractivity (Wildman–Crippen MR) is 76.5 cm³/mol. The Morgan fingerprint density at radius 2 is 1.89 bits per heavy atom. The molecule has 1 fully saturated rings. The van der Waals surface area contributed by atoms with Gasteiger partial charge in [-0.1, -0.05) is 45.4 Å². The first-order chi connectivity index (χ1) is 9.13. The summed E-state index contributed by atoms with van der Waals surface area (Å²) in [6.07, 6.45) is 10.4. The molecule has 0 aromatic carbocycles. The van der Waals surface area contributed by atoms with Crippen LogP contribution in [-0.4, -0.2) is 17.9 Å². The summed E-state index contributed by atoms with van der Waals surface area (Å²) in [6.45, 7) is 2.15. The summed E-state index contributed by atoms with van der Waals surface area (Å²) in [7, 11) is 0. The monoisotopic (exact) mass is 268 g/mol.